The van der Waals surface area contributed by atoms with Crippen molar-refractivity contribution in [1.82, 2.24) is 14.6 Å². The largest absolute Gasteiger partial charge is 0.493 e. The molecule has 0 aliphatic rings. The van der Waals surface area contributed by atoms with Gasteiger partial charge in [0.1, 0.15) is 12.0 Å². The predicted octanol–water partition coefficient (Wildman–Crippen LogP) is 5.27. The molecule has 2 heterocycles. The highest BCUT2D eigenvalue weighted by Gasteiger charge is 2.16. The van der Waals surface area contributed by atoms with Crippen LogP contribution in [0.3, 0.4) is 0 Å². The number of fused-ring (bicyclic) bond motifs is 1. The second-order valence-electron chi connectivity index (χ2n) is 7.74. The molecule has 2 aromatic heterocycles. The molecule has 0 saturated carbocycles. The van der Waals surface area contributed by atoms with Gasteiger partial charge in [0.25, 0.3) is 11.2 Å². The van der Waals surface area contributed by atoms with Crippen LogP contribution in [0.1, 0.15) is 31.2 Å². The summed E-state index contributed by atoms with van der Waals surface area (Å²) in [4.78, 5) is 32.3. The lowest BCUT2D eigenvalue weighted by Crippen LogP contribution is -2.23. The van der Waals surface area contributed by atoms with Gasteiger partial charge in [0, 0.05) is 28.1 Å². The fourth-order valence-electron chi connectivity index (χ4n) is 3.32. The van der Waals surface area contributed by atoms with Crippen molar-refractivity contribution in [2.75, 3.05) is 7.11 Å². The van der Waals surface area contributed by atoms with Crippen molar-refractivity contribution in [3.8, 4) is 17.4 Å². The minimum absolute atomic E-state index is 0.0711. The Bertz CT molecular complexity index is 1500. The van der Waals surface area contributed by atoms with E-state index in [0.29, 0.717) is 28.0 Å². The van der Waals surface area contributed by atoms with Gasteiger partial charge in [0.05, 0.1) is 29.2 Å². The molecule has 2 aromatic carbocycles. The lowest BCUT2D eigenvalue weighted by Gasteiger charge is -2.13. The van der Waals surface area contributed by atoms with E-state index in [-0.39, 0.29) is 28.8 Å². The predicted molar refractivity (Wildman–Crippen MR) is 135 cm³/mol. The van der Waals surface area contributed by atoms with Crippen molar-refractivity contribution in [2.24, 2.45) is 5.10 Å². The van der Waals surface area contributed by atoms with E-state index < -0.39 is 4.92 Å². The zero-order valence-electron chi connectivity index (χ0n) is 19.0. The Balaban J connectivity index is 1.79. The average molecular weight is 538 g/mol. The van der Waals surface area contributed by atoms with Crippen LogP contribution in [0.2, 0.25) is 0 Å². The van der Waals surface area contributed by atoms with Crippen molar-refractivity contribution in [3.05, 3.63) is 91.1 Å². The molecule has 0 atom stereocenters. The van der Waals surface area contributed by atoms with Gasteiger partial charge >= 0.3 is 0 Å². The maximum Gasteiger partial charge on any atom is 0.287 e. The Hall–Kier alpha value is -4.12. The topological polar surface area (TPSA) is 122 Å². The zero-order valence-corrected chi connectivity index (χ0v) is 20.6. The normalized spacial score (nSPS) is 11.3. The van der Waals surface area contributed by atoms with Crippen LogP contribution in [0.5, 0.6) is 17.4 Å². The van der Waals surface area contributed by atoms with Crippen molar-refractivity contribution >= 4 is 38.7 Å². The molecule has 0 saturated heterocycles. The lowest BCUT2D eigenvalue weighted by molar-refractivity contribution is -0.385. The molecule has 0 aliphatic carbocycles. The third kappa shape index (κ3) is 5.04. The summed E-state index contributed by atoms with van der Waals surface area (Å²) in [5.74, 6) is 1.25. The highest BCUT2D eigenvalue weighted by atomic mass is 79.9. The number of hydrogen-bond acceptors (Lipinski definition) is 8. The first kappa shape index (κ1) is 24.0. The van der Waals surface area contributed by atoms with Gasteiger partial charge in [0.15, 0.2) is 11.5 Å². The van der Waals surface area contributed by atoms with Crippen LogP contribution in [0.25, 0.3) is 10.9 Å². The van der Waals surface area contributed by atoms with E-state index in [0.717, 1.165) is 10.7 Å². The van der Waals surface area contributed by atoms with Crippen LogP contribution in [0.15, 0.2) is 69.1 Å². The number of methoxy groups -OCH3 is 1. The number of nitrogens with zero attached hydrogens (tertiary/aromatic N) is 5. The maximum absolute atomic E-state index is 13.3. The molecule has 0 amide bonds. The summed E-state index contributed by atoms with van der Waals surface area (Å²) in [6, 6.07) is 13.2. The quantitative estimate of drug-likeness (QED) is 0.179. The first-order chi connectivity index (χ1) is 16.8. The third-order valence-corrected chi connectivity index (χ3v) is 5.52. The van der Waals surface area contributed by atoms with Crippen LogP contribution in [0.4, 0.5) is 5.69 Å². The molecule has 0 bridgehead atoms. The monoisotopic (exact) mass is 537 g/mol. The smallest absolute Gasteiger partial charge is 0.287 e. The Morgan fingerprint density at radius 1 is 1.20 bits per heavy atom. The van der Waals surface area contributed by atoms with Crippen LogP contribution in [-0.4, -0.2) is 32.9 Å². The molecule has 178 valence electrons. The summed E-state index contributed by atoms with van der Waals surface area (Å²) < 4.78 is 13.3. The lowest BCUT2D eigenvalue weighted by atomic mass is 10.2. The summed E-state index contributed by atoms with van der Waals surface area (Å²) in [6.07, 6.45) is 2.58. The van der Waals surface area contributed by atoms with Crippen molar-refractivity contribution in [1.29, 1.82) is 0 Å². The molecule has 4 rings (SSSR count). The molecule has 0 aliphatic heterocycles. The van der Waals surface area contributed by atoms with E-state index in [1.54, 1.807) is 30.3 Å². The molecule has 0 spiro atoms. The molecule has 0 unspecified atom stereocenters. The van der Waals surface area contributed by atoms with E-state index >= 15 is 0 Å². The fraction of sp³-hybridized carbons (Fsp3) is 0.167. The van der Waals surface area contributed by atoms with Gasteiger partial charge in [-0.1, -0.05) is 35.8 Å². The highest BCUT2D eigenvalue weighted by molar-refractivity contribution is 9.10. The van der Waals surface area contributed by atoms with Gasteiger partial charge in [-0.3, -0.25) is 14.9 Å². The van der Waals surface area contributed by atoms with Crippen LogP contribution >= 0.6 is 15.9 Å². The molecule has 4 aromatic rings. The average Bonchev–Trinajstić information content (AvgIpc) is 2.84. The second-order valence-corrected chi connectivity index (χ2v) is 8.66. The van der Waals surface area contributed by atoms with Gasteiger partial charge in [-0.2, -0.15) is 9.78 Å². The fourth-order valence-corrected chi connectivity index (χ4v) is 3.68. The molecule has 0 radical (unpaired) electrons. The van der Waals surface area contributed by atoms with Gasteiger partial charge in [-0.25, -0.2) is 9.97 Å². The molecule has 35 heavy (non-hydrogen) atoms. The molecule has 0 N–H and O–H groups in total. The number of para-hydroxylation sites is 1. The number of rotatable bonds is 7. The number of hydrogen-bond donors (Lipinski definition) is 0. The summed E-state index contributed by atoms with van der Waals surface area (Å²) in [7, 11) is 1.48. The van der Waals surface area contributed by atoms with E-state index in [9.17, 15) is 14.9 Å². The molecular formula is C24H20BrN5O5. The second kappa shape index (κ2) is 10.0. The highest BCUT2D eigenvalue weighted by Crippen LogP contribution is 2.34. The molecule has 10 nitrogen and oxygen atoms in total. The molecule has 11 heteroatoms. The Kier molecular flexibility index (Phi) is 6.87. The van der Waals surface area contributed by atoms with Gasteiger partial charge in [0.2, 0.25) is 5.88 Å². The Morgan fingerprint density at radius 2 is 2.00 bits per heavy atom. The van der Waals surface area contributed by atoms with E-state index in [4.69, 9.17) is 9.47 Å². The van der Waals surface area contributed by atoms with E-state index in [1.165, 1.54) is 30.1 Å². The first-order valence-electron chi connectivity index (χ1n) is 10.5. The number of halogens is 1. The van der Waals surface area contributed by atoms with Gasteiger partial charge < -0.3 is 9.47 Å². The van der Waals surface area contributed by atoms with Gasteiger partial charge in [-0.15, -0.1) is 0 Å². The summed E-state index contributed by atoms with van der Waals surface area (Å²) in [5, 5.41) is 15.8. The number of nitro groups is 1. The zero-order chi connectivity index (χ0) is 25.1. The summed E-state index contributed by atoms with van der Waals surface area (Å²) in [6.45, 7) is 3.86. The van der Waals surface area contributed by atoms with Crippen LogP contribution in [-0.2, 0) is 0 Å². The van der Waals surface area contributed by atoms with E-state index in [2.05, 4.69) is 31.0 Å². The van der Waals surface area contributed by atoms with Gasteiger partial charge in [-0.05, 0) is 30.3 Å². The first-order valence-corrected chi connectivity index (χ1v) is 11.3. The number of pyridine rings is 1. The van der Waals surface area contributed by atoms with Crippen molar-refractivity contribution in [3.63, 3.8) is 0 Å². The van der Waals surface area contributed by atoms with Crippen molar-refractivity contribution < 1.29 is 14.4 Å². The number of benzene rings is 2. The van der Waals surface area contributed by atoms with Crippen molar-refractivity contribution in [2.45, 2.75) is 19.8 Å². The molecule has 0 fully saturated rings. The minimum atomic E-state index is -0.544. The van der Waals surface area contributed by atoms with Crippen LogP contribution < -0.4 is 15.0 Å². The maximum atomic E-state index is 13.3. The Morgan fingerprint density at radius 3 is 2.66 bits per heavy atom. The summed E-state index contributed by atoms with van der Waals surface area (Å²) in [5.41, 5.74) is 0.622. The van der Waals surface area contributed by atoms with Crippen LogP contribution in [0, 0.1) is 10.1 Å². The Labute approximate surface area is 208 Å². The van der Waals surface area contributed by atoms with E-state index in [1.807, 2.05) is 19.9 Å². The molecular weight excluding hydrogens is 518 g/mol. The number of aromatic nitrogens is 3. The standard InChI is InChI=1S/C24H20BrN5O5/c1-14(2)23-28-19-9-7-16(25)11-18(19)24(31)29(23)27-12-15-5-4-6-20(34-3)22(15)35-21-10-8-17(13-26-21)30(32)33/h4-14H,1-3H3. The minimum Gasteiger partial charge on any atom is -0.493 e. The number of ether oxygens (including phenoxy) is 2. The SMILES string of the molecule is COc1cccc(C=Nn2c(C(C)C)nc3ccc(Br)cc3c2=O)c1Oc1ccc([N+](=O)[O-])cn1. The summed E-state index contributed by atoms with van der Waals surface area (Å²) >= 11 is 3.40. The third-order valence-electron chi connectivity index (χ3n) is 5.03.